The molecule has 2 aromatic rings. The molecule has 104 valence electrons. The zero-order chi connectivity index (χ0) is 14.3. The van der Waals surface area contributed by atoms with Crippen molar-refractivity contribution in [3.05, 3.63) is 40.7 Å². The number of carbonyl (C=O) groups is 1. The molecule has 1 aromatic heterocycles. The van der Waals surface area contributed by atoms with E-state index in [1.54, 1.807) is 4.68 Å². The highest BCUT2D eigenvalue weighted by atomic mass is 16.4. The molecule has 1 heterocycles. The second-order valence-corrected chi connectivity index (χ2v) is 5.51. The Morgan fingerprint density at radius 3 is 2.40 bits per heavy atom. The number of carboxylic acid groups (broad SMARTS) is 1. The lowest BCUT2D eigenvalue weighted by atomic mass is 9.82. The number of hydrogen-bond acceptors (Lipinski definition) is 3. The van der Waals surface area contributed by atoms with Crippen LogP contribution in [0.25, 0.3) is 5.69 Å². The van der Waals surface area contributed by atoms with Crippen molar-refractivity contribution >= 4 is 5.97 Å². The van der Waals surface area contributed by atoms with Gasteiger partial charge < -0.3 is 5.11 Å². The highest BCUT2D eigenvalue weighted by Crippen LogP contribution is 2.38. The Morgan fingerprint density at radius 1 is 1.25 bits per heavy atom. The monoisotopic (exact) mass is 271 g/mol. The molecule has 0 amide bonds. The Bertz CT molecular complexity index is 652. The molecule has 0 atom stereocenters. The highest BCUT2D eigenvalue weighted by molar-refractivity contribution is 5.87. The fourth-order valence-electron chi connectivity index (χ4n) is 2.75. The van der Waals surface area contributed by atoms with E-state index in [2.05, 4.69) is 16.4 Å². The van der Waals surface area contributed by atoms with Crippen molar-refractivity contribution in [3.63, 3.8) is 0 Å². The summed E-state index contributed by atoms with van der Waals surface area (Å²) in [6.45, 7) is 4.04. The normalized spacial score (nSPS) is 15.1. The maximum absolute atomic E-state index is 11.3. The number of aromatic nitrogens is 3. The summed E-state index contributed by atoms with van der Waals surface area (Å²) in [6, 6.07) is 6.10. The average Bonchev–Trinajstić information content (AvgIpc) is 2.69. The standard InChI is InChI=1S/C15H17N3O2/c1-9-6-10(2)8-12(7-9)18-14(11-4-3-5-11)13(15(19)20)16-17-18/h6-8,11H,3-5H2,1-2H3,(H,19,20). The third-order valence-corrected chi connectivity index (χ3v) is 3.85. The van der Waals surface area contributed by atoms with Gasteiger partial charge in [-0.25, -0.2) is 9.48 Å². The summed E-state index contributed by atoms with van der Waals surface area (Å²) in [5.41, 5.74) is 3.99. The van der Waals surface area contributed by atoms with Crippen molar-refractivity contribution in [3.8, 4) is 5.69 Å². The smallest absolute Gasteiger partial charge is 0.358 e. The van der Waals surface area contributed by atoms with Crippen molar-refractivity contribution in [2.75, 3.05) is 0 Å². The van der Waals surface area contributed by atoms with Crippen molar-refractivity contribution in [1.82, 2.24) is 15.0 Å². The summed E-state index contributed by atoms with van der Waals surface area (Å²) in [5, 5.41) is 17.2. The van der Waals surface area contributed by atoms with E-state index in [0.29, 0.717) is 0 Å². The van der Waals surface area contributed by atoms with Crippen LogP contribution >= 0.6 is 0 Å². The summed E-state index contributed by atoms with van der Waals surface area (Å²) in [7, 11) is 0. The molecule has 0 unspecified atom stereocenters. The van der Waals surface area contributed by atoms with Crippen LogP contribution in [0.2, 0.25) is 0 Å². The first-order chi connectivity index (χ1) is 9.56. The molecule has 1 N–H and O–H groups in total. The summed E-state index contributed by atoms with van der Waals surface area (Å²) < 4.78 is 1.70. The van der Waals surface area contributed by atoms with E-state index in [9.17, 15) is 9.90 Å². The van der Waals surface area contributed by atoms with Gasteiger partial charge in [-0.15, -0.1) is 5.10 Å². The number of hydrogen-bond donors (Lipinski definition) is 1. The van der Waals surface area contributed by atoms with Gasteiger partial charge in [0, 0.05) is 5.92 Å². The summed E-state index contributed by atoms with van der Waals surface area (Å²) in [5.74, 6) is -0.737. The predicted octanol–water partition coefficient (Wildman–Crippen LogP) is 2.85. The average molecular weight is 271 g/mol. The second kappa shape index (κ2) is 4.74. The van der Waals surface area contributed by atoms with Crippen LogP contribution < -0.4 is 0 Å². The third-order valence-electron chi connectivity index (χ3n) is 3.85. The van der Waals surface area contributed by atoms with Crippen LogP contribution in [0.4, 0.5) is 0 Å². The van der Waals surface area contributed by atoms with E-state index in [1.165, 1.54) is 0 Å². The molecule has 0 aliphatic heterocycles. The number of nitrogens with zero attached hydrogens (tertiary/aromatic N) is 3. The molecule has 0 spiro atoms. The lowest BCUT2D eigenvalue weighted by Gasteiger charge is -2.26. The zero-order valence-corrected chi connectivity index (χ0v) is 11.6. The van der Waals surface area contributed by atoms with Crippen molar-refractivity contribution < 1.29 is 9.90 Å². The van der Waals surface area contributed by atoms with Gasteiger partial charge >= 0.3 is 5.97 Å². The van der Waals surface area contributed by atoms with Crippen LogP contribution in [-0.4, -0.2) is 26.1 Å². The molecule has 1 fully saturated rings. The van der Waals surface area contributed by atoms with Crippen molar-refractivity contribution in [1.29, 1.82) is 0 Å². The highest BCUT2D eigenvalue weighted by Gasteiger charge is 2.31. The molecule has 1 aliphatic rings. The lowest BCUT2D eigenvalue weighted by molar-refractivity contribution is 0.0687. The van der Waals surface area contributed by atoms with Gasteiger partial charge in [-0.05, 0) is 49.9 Å². The predicted molar refractivity (Wildman–Crippen MR) is 74.4 cm³/mol. The van der Waals surface area contributed by atoms with Gasteiger partial charge in [0.2, 0.25) is 0 Å². The molecule has 0 bridgehead atoms. The summed E-state index contributed by atoms with van der Waals surface area (Å²) >= 11 is 0. The zero-order valence-electron chi connectivity index (χ0n) is 11.6. The minimum absolute atomic E-state index is 0.0915. The van der Waals surface area contributed by atoms with Gasteiger partial charge in [0.05, 0.1) is 11.4 Å². The van der Waals surface area contributed by atoms with Gasteiger partial charge in [-0.2, -0.15) is 0 Å². The number of rotatable bonds is 3. The largest absolute Gasteiger partial charge is 0.476 e. The molecule has 1 saturated carbocycles. The number of carboxylic acids is 1. The first-order valence-electron chi connectivity index (χ1n) is 6.84. The van der Waals surface area contributed by atoms with Gasteiger partial charge in [0.15, 0.2) is 5.69 Å². The first-order valence-corrected chi connectivity index (χ1v) is 6.84. The number of benzene rings is 1. The van der Waals surface area contributed by atoms with E-state index < -0.39 is 5.97 Å². The molecule has 20 heavy (non-hydrogen) atoms. The Hall–Kier alpha value is -2.17. The van der Waals surface area contributed by atoms with E-state index in [0.717, 1.165) is 41.8 Å². The molecular formula is C15H17N3O2. The quantitative estimate of drug-likeness (QED) is 0.932. The van der Waals surface area contributed by atoms with E-state index in [-0.39, 0.29) is 11.6 Å². The van der Waals surface area contributed by atoms with E-state index in [4.69, 9.17) is 0 Å². The van der Waals surface area contributed by atoms with E-state index >= 15 is 0 Å². The fraction of sp³-hybridized carbons (Fsp3) is 0.400. The summed E-state index contributed by atoms with van der Waals surface area (Å²) in [6.07, 6.45) is 3.17. The Balaban J connectivity index is 2.15. The van der Waals surface area contributed by atoms with Crippen LogP contribution in [-0.2, 0) is 0 Å². The second-order valence-electron chi connectivity index (χ2n) is 5.51. The maximum Gasteiger partial charge on any atom is 0.358 e. The van der Waals surface area contributed by atoms with Gasteiger partial charge in [-0.3, -0.25) is 0 Å². The SMILES string of the molecule is Cc1cc(C)cc(-n2nnc(C(=O)O)c2C2CCC2)c1. The Labute approximate surface area is 117 Å². The molecule has 5 nitrogen and oxygen atoms in total. The van der Waals surface area contributed by atoms with E-state index in [1.807, 2.05) is 26.0 Å². The van der Waals surface area contributed by atoms with Crippen molar-refractivity contribution in [2.45, 2.75) is 39.0 Å². The van der Waals surface area contributed by atoms with Gasteiger partial charge in [0.1, 0.15) is 0 Å². The molecule has 0 radical (unpaired) electrons. The Kier molecular flexibility index (Phi) is 3.04. The van der Waals surface area contributed by atoms with Crippen LogP contribution in [0.1, 0.15) is 52.5 Å². The third kappa shape index (κ3) is 2.09. The molecule has 1 aliphatic carbocycles. The van der Waals surface area contributed by atoms with Crippen LogP contribution in [0.5, 0.6) is 0 Å². The fourth-order valence-corrected chi connectivity index (χ4v) is 2.75. The van der Waals surface area contributed by atoms with Crippen LogP contribution in [0.15, 0.2) is 18.2 Å². The summed E-state index contributed by atoms with van der Waals surface area (Å²) in [4.78, 5) is 11.3. The Morgan fingerprint density at radius 2 is 1.90 bits per heavy atom. The molecular weight excluding hydrogens is 254 g/mol. The lowest BCUT2D eigenvalue weighted by Crippen LogP contribution is -2.17. The minimum Gasteiger partial charge on any atom is -0.476 e. The molecule has 3 rings (SSSR count). The maximum atomic E-state index is 11.3. The van der Waals surface area contributed by atoms with Crippen molar-refractivity contribution in [2.24, 2.45) is 0 Å². The van der Waals surface area contributed by atoms with Gasteiger partial charge in [0.25, 0.3) is 0 Å². The molecule has 0 saturated heterocycles. The van der Waals surface area contributed by atoms with Crippen LogP contribution in [0, 0.1) is 13.8 Å². The number of aryl methyl sites for hydroxylation is 2. The number of aromatic carboxylic acids is 1. The minimum atomic E-state index is -0.998. The van der Waals surface area contributed by atoms with Crippen LogP contribution in [0.3, 0.4) is 0 Å². The van der Waals surface area contributed by atoms with Gasteiger partial charge in [-0.1, -0.05) is 17.7 Å². The molecule has 1 aromatic carbocycles. The topological polar surface area (TPSA) is 68.0 Å². The molecule has 5 heteroatoms. The first kappa shape index (κ1) is 12.8.